The molecule has 2 N–H and O–H groups in total. The van der Waals surface area contributed by atoms with Crippen molar-refractivity contribution in [2.24, 2.45) is 0 Å². The van der Waals surface area contributed by atoms with Crippen LogP contribution in [0.4, 0.5) is 0 Å². The molecule has 1 atom stereocenters. The summed E-state index contributed by atoms with van der Waals surface area (Å²) in [4.78, 5) is 0. The van der Waals surface area contributed by atoms with Crippen LogP contribution in [0.25, 0.3) is 0 Å². The van der Waals surface area contributed by atoms with Crippen molar-refractivity contribution in [2.45, 2.75) is 25.9 Å². The van der Waals surface area contributed by atoms with Gasteiger partial charge in [-0.2, -0.15) is 0 Å². The van der Waals surface area contributed by atoms with E-state index in [1.165, 1.54) is 0 Å². The molecule has 0 radical (unpaired) electrons. The zero-order valence-corrected chi connectivity index (χ0v) is 10.8. The van der Waals surface area contributed by atoms with Crippen LogP contribution in [0.15, 0.2) is 30.3 Å². The Morgan fingerprint density at radius 3 is 2.53 bits per heavy atom. The van der Waals surface area contributed by atoms with Crippen LogP contribution in [0.3, 0.4) is 0 Å². The summed E-state index contributed by atoms with van der Waals surface area (Å²) in [5, 5.41) is 9.79. The Morgan fingerprint density at radius 2 is 1.94 bits per heavy atom. The number of hydrogen-bond acceptors (Lipinski definition) is 3. The maximum Gasteiger partial charge on any atom is 0.214 e. The number of unbranched alkanes of at least 4 members (excludes halogenated alkanes) is 1. The number of hydrogen-bond donors (Lipinski definition) is 2. The molecule has 0 aliphatic rings. The standard InChI is InChI=1S/C12H19NO3S/c1-2-3-9-13-17(15,16)10-12(14)11-7-5-4-6-8-11/h4-8,12-14H,2-3,9-10H2,1H3/t12-/m1/s1. The molecule has 0 aromatic heterocycles. The largest absolute Gasteiger partial charge is 0.387 e. The van der Waals surface area contributed by atoms with Gasteiger partial charge in [0.2, 0.25) is 10.0 Å². The van der Waals surface area contributed by atoms with Crippen LogP contribution in [-0.2, 0) is 10.0 Å². The van der Waals surface area contributed by atoms with Gasteiger partial charge >= 0.3 is 0 Å². The smallest absolute Gasteiger partial charge is 0.214 e. The summed E-state index contributed by atoms with van der Waals surface area (Å²) < 4.78 is 25.7. The highest BCUT2D eigenvalue weighted by Gasteiger charge is 2.17. The van der Waals surface area contributed by atoms with E-state index < -0.39 is 16.1 Å². The summed E-state index contributed by atoms with van der Waals surface area (Å²) in [6, 6.07) is 8.80. The molecule has 0 fully saturated rings. The molecular weight excluding hydrogens is 238 g/mol. The van der Waals surface area contributed by atoms with Crippen molar-refractivity contribution in [3.63, 3.8) is 0 Å². The minimum absolute atomic E-state index is 0.291. The highest BCUT2D eigenvalue weighted by atomic mass is 32.2. The molecule has 0 unspecified atom stereocenters. The van der Waals surface area contributed by atoms with Gasteiger partial charge in [0.15, 0.2) is 0 Å². The fraction of sp³-hybridized carbons (Fsp3) is 0.500. The summed E-state index contributed by atoms with van der Waals surface area (Å²) in [5.74, 6) is -0.291. The summed E-state index contributed by atoms with van der Waals surface area (Å²) in [6.45, 7) is 2.42. The average Bonchev–Trinajstić information content (AvgIpc) is 2.30. The molecule has 5 heteroatoms. The number of sulfonamides is 1. The molecule has 0 saturated carbocycles. The molecule has 96 valence electrons. The van der Waals surface area contributed by atoms with Crippen molar-refractivity contribution in [1.82, 2.24) is 4.72 Å². The first kappa shape index (κ1) is 14.2. The molecule has 0 spiro atoms. The van der Waals surface area contributed by atoms with E-state index >= 15 is 0 Å². The van der Waals surface area contributed by atoms with E-state index in [2.05, 4.69) is 4.72 Å². The van der Waals surface area contributed by atoms with E-state index in [1.807, 2.05) is 13.0 Å². The van der Waals surface area contributed by atoms with Crippen LogP contribution in [0.1, 0.15) is 31.4 Å². The molecule has 1 aromatic rings. The Kier molecular flexibility index (Phi) is 5.61. The Bertz CT molecular complexity index is 417. The summed E-state index contributed by atoms with van der Waals surface area (Å²) in [6.07, 6.45) is 0.764. The van der Waals surface area contributed by atoms with E-state index in [0.29, 0.717) is 12.1 Å². The average molecular weight is 257 g/mol. The van der Waals surface area contributed by atoms with Crippen LogP contribution in [0.5, 0.6) is 0 Å². The monoisotopic (exact) mass is 257 g/mol. The predicted molar refractivity (Wildman–Crippen MR) is 68.1 cm³/mol. The first-order chi connectivity index (χ1) is 8.05. The molecular formula is C12H19NO3S. The lowest BCUT2D eigenvalue weighted by Crippen LogP contribution is -2.30. The molecule has 0 bridgehead atoms. The fourth-order valence-electron chi connectivity index (χ4n) is 1.44. The quantitative estimate of drug-likeness (QED) is 0.726. The van der Waals surface area contributed by atoms with E-state index in [-0.39, 0.29) is 5.75 Å². The minimum Gasteiger partial charge on any atom is -0.387 e. The van der Waals surface area contributed by atoms with Crippen LogP contribution < -0.4 is 4.72 Å². The molecule has 0 saturated heterocycles. The van der Waals surface area contributed by atoms with Crippen molar-refractivity contribution in [3.05, 3.63) is 35.9 Å². The van der Waals surface area contributed by atoms with Gasteiger partial charge in [-0.3, -0.25) is 0 Å². The summed E-state index contributed by atoms with van der Waals surface area (Å²) >= 11 is 0. The van der Waals surface area contributed by atoms with Gasteiger partial charge in [0, 0.05) is 6.54 Å². The topological polar surface area (TPSA) is 66.4 Å². The summed E-state index contributed by atoms with van der Waals surface area (Å²) in [5.41, 5.74) is 0.619. The van der Waals surface area contributed by atoms with Gasteiger partial charge < -0.3 is 5.11 Å². The Morgan fingerprint density at radius 1 is 1.29 bits per heavy atom. The van der Waals surface area contributed by atoms with Gasteiger partial charge in [-0.1, -0.05) is 43.7 Å². The van der Waals surface area contributed by atoms with Gasteiger partial charge in [0.05, 0.1) is 11.9 Å². The molecule has 0 aliphatic heterocycles. The second-order valence-electron chi connectivity index (χ2n) is 3.96. The third-order valence-electron chi connectivity index (χ3n) is 2.41. The van der Waals surface area contributed by atoms with Crippen molar-refractivity contribution < 1.29 is 13.5 Å². The van der Waals surface area contributed by atoms with E-state index in [9.17, 15) is 13.5 Å². The van der Waals surface area contributed by atoms with Gasteiger partial charge in [-0.25, -0.2) is 13.1 Å². The Balaban J connectivity index is 2.53. The number of nitrogens with one attached hydrogen (secondary N) is 1. The second kappa shape index (κ2) is 6.74. The van der Waals surface area contributed by atoms with Gasteiger partial charge in [-0.15, -0.1) is 0 Å². The fourth-order valence-corrected chi connectivity index (χ4v) is 2.62. The van der Waals surface area contributed by atoms with Crippen LogP contribution in [0, 0.1) is 0 Å². The molecule has 0 amide bonds. The Labute approximate surface area is 103 Å². The summed E-state index contributed by atoms with van der Waals surface area (Å²) in [7, 11) is -3.40. The third-order valence-corrected chi connectivity index (χ3v) is 3.81. The lowest BCUT2D eigenvalue weighted by molar-refractivity contribution is 0.201. The number of aliphatic hydroxyl groups is 1. The highest BCUT2D eigenvalue weighted by molar-refractivity contribution is 7.89. The minimum atomic E-state index is -3.40. The number of benzene rings is 1. The lowest BCUT2D eigenvalue weighted by Gasteiger charge is -2.12. The lowest BCUT2D eigenvalue weighted by atomic mass is 10.1. The first-order valence-corrected chi connectivity index (χ1v) is 7.40. The first-order valence-electron chi connectivity index (χ1n) is 5.75. The van der Waals surface area contributed by atoms with E-state index in [0.717, 1.165) is 12.8 Å². The molecule has 0 heterocycles. The third kappa shape index (κ3) is 5.30. The Hall–Kier alpha value is -0.910. The number of aliphatic hydroxyl groups excluding tert-OH is 1. The predicted octanol–water partition coefficient (Wildman–Crippen LogP) is 1.44. The normalized spacial score (nSPS) is 13.5. The van der Waals surface area contributed by atoms with Crippen molar-refractivity contribution >= 4 is 10.0 Å². The molecule has 1 aromatic carbocycles. The van der Waals surface area contributed by atoms with Crippen LogP contribution >= 0.6 is 0 Å². The number of rotatable bonds is 7. The van der Waals surface area contributed by atoms with E-state index in [1.54, 1.807) is 24.3 Å². The zero-order valence-electron chi connectivity index (χ0n) is 9.96. The zero-order chi connectivity index (χ0) is 12.7. The van der Waals surface area contributed by atoms with Gasteiger partial charge in [-0.05, 0) is 12.0 Å². The maximum atomic E-state index is 11.6. The molecule has 17 heavy (non-hydrogen) atoms. The second-order valence-corrected chi connectivity index (χ2v) is 5.81. The molecule has 0 aliphatic carbocycles. The van der Waals surface area contributed by atoms with E-state index in [4.69, 9.17) is 0 Å². The maximum absolute atomic E-state index is 11.6. The highest BCUT2D eigenvalue weighted by Crippen LogP contribution is 2.13. The SMILES string of the molecule is CCCCNS(=O)(=O)C[C@@H](O)c1ccccc1. The van der Waals surface area contributed by atoms with Crippen molar-refractivity contribution in [3.8, 4) is 0 Å². The van der Waals surface area contributed by atoms with Crippen LogP contribution in [0.2, 0.25) is 0 Å². The van der Waals surface area contributed by atoms with Crippen molar-refractivity contribution in [2.75, 3.05) is 12.3 Å². The van der Waals surface area contributed by atoms with Crippen molar-refractivity contribution in [1.29, 1.82) is 0 Å². The van der Waals surface area contributed by atoms with Gasteiger partial charge in [0.1, 0.15) is 0 Å². The molecule has 1 rings (SSSR count). The van der Waals surface area contributed by atoms with Gasteiger partial charge in [0.25, 0.3) is 0 Å². The van der Waals surface area contributed by atoms with Crippen LogP contribution in [-0.4, -0.2) is 25.8 Å². The molecule has 4 nitrogen and oxygen atoms in total.